The summed E-state index contributed by atoms with van der Waals surface area (Å²) in [6.07, 6.45) is 5.25. The molecule has 1 aliphatic rings. The van der Waals surface area contributed by atoms with Gasteiger partial charge >= 0.3 is 0 Å². The van der Waals surface area contributed by atoms with Gasteiger partial charge in [-0.05, 0) is 74.5 Å². The predicted molar refractivity (Wildman–Crippen MR) is 156 cm³/mol. The maximum Gasteiger partial charge on any atom is 0.258 e. The largest absolute Gasteiger partial charge is 0.324 e. The Kier molecular flexibility index (Phi) is 8.24. The van der Waals surface area contributed by atoms with E-state index in [-0.39, 0.29) is 5.91 Å². The Morgan fingerprint density at radius 1 is 1.00 bits per heavy atom. The summed E-state index contributed by atoms with van der Waals surface area (Å²) in [6, 6.07) is 19.7. The number of amides is 1. The molecule has 2 aromatic heterocycles. The summed E-state index contributed by atoms with van der Waals surface area (Å²) in [5, 5.41) is 3.34. The third kappa shape index (κ3) is 6.47. The van der Waals surface area contributed by atoms with Crippen molar-refractivity contribution in [3.05, 3.63) is 95.9 Å². The van der Waals surface area contributed by atoms with Gasteiger partial charge in [-0.1, -0.05) is 18.2 Å². The number of nitrogens with one attached hydrogen (secondary N) is 1. The maximum atomic E-state index is 13.5. The van der Waals surface area contributed by atoms with E-state index in [1.807, 2.05) is 62.4 Å². The lowest BCUT2D eigenvalue weighted by Crippen LogP contribution is -2.43. The van der Waals surface area contributed by atoms with E-state index in [9.17, 15) is 4.79 Å². The van der Waals surface area contributed by atoms with E-state index in [4.69, 9.17) is 0 Å². The minimum Gasteiger partial charge on any atom is -0.324 e. The number of carbonyl (C=O) groups excluding carboxylic acids is 1. The van der Waals surface area contributed by atoms with Crippen LogP contribution in [0.2, 0.25) is 0 Å². The molecule has 0 unspecified atom stereocenters. The van der Waals surface area contributed by atoms with E-state index in [0.29, 0.717) is 18.1 Å². The van der Waals surface area contributed by atoms with Gasteiger partial charge in [0.1, 0.15) is 0 Å². The van der Waals surface area contributed by atoms with Crippen LogP contribution in [0.15, 0.2) is 79.3 Å². The summed E-state index contributed by atoms with van der Waals surface area (Å²) in [6.45, 7) is 9.82. The van der Waals surface area contributed by atoms with Gasteiger partial charge in [0.25, 0.3) is 5.91 Å². The summed E-state index contributed by atoms with van der Waals surface area (Å²) in [5.41, 5.74) is 6.33. The van der Waals surface area contributed by atoms with E-state index in [2.05, 4.69) is 49.2 Å². The number of rotatable bonds is 8. The third-order valence-electron chi connectivity index (χ3n) is 7.16. The molecule has 0 bridgehead atoms. The molecule has 0 spiro atoms. The fourth-order valence-corrected chi connectivity index (χ4v) is 4.74. The third-order valence-corrected chi connectivity index (χ3v) is 7.16. The first kappa shape index (κ1) is 26.5. The number of nitrogens with zero attached hydrogens (tertiary/aromatic N) is 6. The van der Waals surface area contributed by atoms with Gasteiger partial charge < -0.3 is 15.1 Å². The molecule has 1 aliphatic heterocycles. The van der Waals surface area contributed by atoms with Gasteiger partial charge in [-0.2, -0.15) is 0 Å². The Morgan fingerprint density at radius 3 is 2.51 bits per heavy atom. The van der Waals surface area contributed by atoms with E-state index in [0.717, 1.165) is 60.9 Å². The van der Waals surface area contributed by atoms with Crippen LogP contribution in [0.5, 0.6) is 0 Å². The first-order valence-electron chi connectivity index (χ1n) is 13.4. The summed E-state index contributed by atoms with van der Waals surface area (Å²) in [5.74, 6) is 0.468. The molecule has 4 aromatic rings. The number of likely N-dealkylation sites (N-methyl/N-ethyl adjacent to an activating group) is 1. The van der Waals surface area contributed by atoms with E-state index < -0.39 is 0 Å². The molecule has 8 nitrogen and oxygen atoms in total. The Morgan fingerprint density at radius 2 is 1.79 bits per heavy atom. The van der Waals surface area contributed by atoms with Crippen molar-refractivity contribution in [3.8, 4) is 11.3 Å². The van der Waals surface area contributed by atoms with Gasteiger partial charge in [0.05, 0.1) is 5.69 Å². The lowest BCUT2D eigenvalue weighted by atomic mass is 10.1. The van der Waals surface area contributed by atoms with Crippen LogP contribution in [-0.2, 0) is 6.54 Å². The number of piperazine rings is 1. The molecule has 0 radical (unpaired) electrons. The molecule has 1 N–H and O–H groups in total. The second kappa shape index (κ2) is 12.1. The second-order valence-corrected chi connectivity index (χ2v) is 9.96. The van der Waals surface area contributed by atoms with Crippen LogP contribution in [0.4, 0.5) is 17.3 Å². The topological polar surface area (TPSA) is 77.5 Å². The van der Waals surface area contributed by atoms with Crippen LogP contribution in [0, 0.1) is 6.92 Å². The SMILES string of the molecule is CCN(C(=O)c1ccc(CN2CCN(C)CC2)cc1)c1ccc(C)c(Nc2nccc(-c3cccnc3)n2)c1. The van der Waals surface area contributed by atoms with Crippen LogP contribution >= 0.6 is 0 Å². The zero-order valence-corrected chi connectivity index (χ0v) is 22.8. The van der Waals surface area contributed by atoms with Crippen LogP contribution in [0.1, 0.15) is 28.4 Å². The van der Waals surface area contributed by atoms with Crippen molar-refractivity contribution >= 4 is 23.2 Å². The highest BCUT2D eigenvalue weighted by atomic mass is 16.2. The van der Waals surface area contributed by atoms with Crippen molar-refractivity contribution < 1.29 is 4.79 Å². The van der Waals surface area contributed by atoms with E-state index >= 15 is 0 Å². The highest BCUT2D eigenvalue weighted by Gasteiger charge is 2.18. The summed E-state index contributed by atoms with van der Waals surface area (Å²) in [4.78, 5) is 33.4. The van der Waals surface area contributed by atoms with Crippen LogP contribution in [0.25, 0.3) is 11.3 Å². The van der Waals surface area contributed by atoms with Crippen molar-refractivity contribution in [2.24, 2.45) is 0 Å². The number of hydrogen-bond donors (Lipinski definition) is 1. The maximum absolute atomic E-state index is 13.5. The molecule has 5 rings (SSSR count). The first-order chi connectivity index (χ1) is 19.0. The number of aromatic nitrogens is 3. The average molecular weight is 522 g/mol. The van der Waals surface area contributed by atoms with Gasteiger partial charge in [-0.15, -0.1) is 0 Å². The average Bonchev–Trinajstić information content (AvgIpc) is 2.97. The zero-order chi connectivity index (χ0) is 27.2. The number of hydrogen-bond acceptors (Lipinski definition) is 7. The van der Waals surface area contributed by atoms with Gasteiger partial charge in [0.15, 0.2) is 0 Å². The molecule has 8 heteroatoms. The summed E-state index contributed by atoms with van der Waals surface area (Å²) >= 11 is 0. The lowest BCUT2D eigenvalue weighted by molar-refractivity contribution is 0.0988. The van der Waals surface area contributed by atoms with Crippen molar-refractivity contribution in [1.29, 1.82) is 0 Å². The Balaban J connectivity index is 1.30. The zero-order valence-electron chi connectivity index (χ0n) is 22.8. The van der Waals surface area contributed by atoms with Crippen molar-refractivity contribution in [1.82, 2.24) is 24.8 Å². The number of benzene rings is 2. The van der Waals surface area contributed by atoms with Crippen molar-refractivity contribution in [2.45, 2.75) is 20.4 Å². The lowest BCUT2D eigenvalue weighted by Gasteiger charge is -2.32. The molecule has 1 fully saturated rings. The second-order valence-electron chi connectivity index (χ2n) is 9.96. The fourth-order valence-electron chi connectivity index (χ4n) is 4.74. The normalized spacial score (nSPS) is 14.2. The predicted octanol–water partition coefficient (Wildman–Crippen LogP) is 5.00. The van der Waals surface area contributed by atoms with Gasteiger partial charge in [-0.3, -0.25) is 14.7 Å². The minimum atomic E-state index is -0.0201. The Bertz CT molecular complexity index is 1400. The molecule has 3 heterocycles. The van der Waals surface area contributed by atoms with E-state index in [1.54, 1.807) is 23.5 Å². The number of anilines is 3. The van der Waals surface area contributed by atoms with Crippen LogP contribution in [-0.4, -0.2) is 70.4 Å². The molecule has 200 valence electrons. The van der Waals surface area contributed by atoms with Gasteiger partial charge in [0.2, 0.25) is 5.95 Å². The fraction of sp³-hybridized carbons (Fsp3) is 0.290. The monoisotopic (exact) mass is 521 g/mol. The Labute approximate surface area is 230 Å². The Hall–Kier alpha value is -4.14. The van der Waals surface area contributed by atoms with Crippen molar-refractivity contribution in [2.75, 3.05) is 50.0 Å². The smallest absolute Gasteiger partial charge is 0.258 e. The number of carbonyl (C=O) groups is 1. The minimum absolute atomic E-state index is 0.0201. The molecule has 0 atom stereocenters. The quantitative estimate of drug-likeness (QED) is 0.349. The molecule has 1 amide bonds. The molecule has 39 heavy (non-hydrogen) atoms. The van der Waals surface area contributed by atoms with Crippen LogP contribution in [0.3, 0.4) is 0 Å². The van der Waals surface area contributed by atoms with Crippen molar-refractivity contribution in [3.63, 3.8) is 0 Å². The highest BCUT2D eigenvalue weighted by molar-refractivity contribution is 6.06. The standard InChI is InChI=1S/C31H35N7O/c1-4-38(30(39)25-10-8-24(9-11-25)22-37-18-16-36(3)17-19-37)27-12-7-23(2)29(20-27)35-31-33-15-13-28(34-31)26-6-5-14-32-21-26/h5-15,20-21H,4,16-19,22H2,1-3H3,(H,33,34,35). The number of pyridine rings is 1. The highest BCUT2D eigenvalue weighted by Crippen LogP contribution is 2.27. The van der Waals surface area contributed by atoms with Gasteiger partial charge in [0, 0.05) is 80.4 Å². The molecule has 0 aliphatic carbocycles. The molecule has 2 aromatic carbocycles. The van der Waals surface area contributed by atoms with Crippen LogP contribution < -0.4 is 10.2 Å². The van der Waals surface area contributed by atoms with E-state index in [1.165, 1.54) is 5.56 Å². The molecular weight excluding hydrogens is 486 g/mol. The molecular formula is C31H35N7O. The summed E-state index contributed by atoms with van der Waals surface area (Å²) in [7, 11) is 2.17. The van der Waals surface area contributed by atoms with Gasteiger partial charge in [-0.25, -0.2) is 9.97 Å². The molecule has 1 saturated heterocycles. The summed E-state index contributed by atoms with van der Waals surface area (Å²) < 4.78 is 0. The molecule has 0 saturated carbocycles. The number of aryl methyl sites for hydroxylation is 1. The first-order valence-corrected chi connectivity index (χ1v) is 13.4.